The molecule has 1 aromatic heterocycles. The van der Waals surface area contributed by atoms with E-state index in [1.165, 1.54) is 0 Å². The van der Waals surface area contributed by atoms with Gasteiger partial charge >= 0.3 is 0 Å². The number of amides is 1. The summed E-state index contributed by atoms with van der Waals surface area (Å²) in [4.78, 5) is 16.7. The Morgan fingerprint density at radius 2 is 1.83 bits per heavy atom. The molecule has 23 heavy (non-hydrogen) atoms. The molecule has 1 heterocycles. The predicted molar refractivity (Wildman–Crippen MR) is 90.8 cm³/mol. The fraction of sp³-hybridized carbons (Fsp3) is 0.0526. The molecule has 4 rings (SSSR count). The Hall–Kier alpha value is -3.14. The number of nitrogen functional groups attached to an aromatic ring is 1. The van der Waals surface area contributed by atoms with E-state index in [4.69, 9.17) is 16.5 Å². The summed E-state index contributed by atoms with van der Waals surface area (Å²) in [7, 11) is 0. The maximum Gasteiger partial charge on any atom is 0.249 e. The highest BCUT2D eigenvalue weighted by Crippen LogP contribution is 2.39. The number of anilines is 1. The number of aromatic nitrogens is 1. The first-order valence-electron chi connectivity index (χ1n) is 7.41. The highest BCUT2D eigenvalue weighted by molar-refractivity contribution is 5.98. The van der Waals surface area contributed by atoms with Crippen molar-refractivity contribution in [3.8, 4) is 22.5 Å². The van der Waals surface area contributed by atoms with E-state index in [1.807, 2.05) is 48.5 Å². The van der Waals surface area contributed by atoms with Crippen molar-refractivity contribution in [1.82, 2.24) is 4.98 Å². The molecular formula is C19H15N3O. The van der Waals surface area contributed by atoms with Crippen LogP contribution in [0.5, 0.6) is 0 Å². The highest BCUT2D eigenvalue weighted by Gasteiger charge is 2.25. The van der Waals surface area contributed by atoms with Crippen molar-refractivity contribution in [2.45, 2.75) is 6.42 Å². The van der Waals surface area contributed by atoms with Crippen LogP contribution in [0, 0.1) is 0 Å². The van der Waals surface area contributed by atoms with Crippen molar-refractivity contribution in [1.29, 1.82) is 0 Å². The molecule has 3 aromatic rings. The SMILES string of the molecule is NC(=O)c1cc(-c2ccccc2)nc2c1Cc1cc(N)ccc1-2. The predicted octanol–water partition coefficient (Wildman–Crippen LogP) is 3.00. The molecule has 0 spiro atoms. The first-order chi connectivity index (χ1) is 11.1. The minimum absolute atomic E-state index is 0.429. The minimum Gasteiger partial charge on any atom is -0.399 e. The summed E-state index contributed by atoms with van der Waals surface area (Å²) in [6.07, 6.45) is 0.635. The molecule has 112 valence electrons. The van der Waals surface area contributed by atoms with Crippen LogP contribution >= 0.6 is 0 Å². The van der Waals surface area contributed by atoms with Gasteiger partial charge in [0.1, 0.15) is 0 Å². The second-order valence-corrected chi connectivity index (χ2v) is 5.71. The number of rotatable bonds is 2. The number of carbonyl (C=O) groups excluding carboxylic acids is 1. The Bertz CT molecular complexity index is 933. The van der Waals surface area contributed by atoms with Gasteiger partial charge in [0, 0.05) is 28.8 Å². The molecule has 0 aliphatic heterocycles. The molecule has 4 nitrogen and oxygen atoms in total. The van der Waals surface area contributed by atoms with E-state index in [0.29, 0.717) is 17.7 Å². The molecular weight excluding hydrogens is 286 g/mol. The van der Waals surface area contributed by atoms with Crippen LogP contribution in [0.25, 0.3) is 22.5 Å². The first-order valence-corrected chi connectivity index (χ1v) is 7.41. The lowest BCUT2D eigenvalue weighted by atomic mass is 10.0. The summed E-state index contributed by atoms with van der Waals surface area (Å²) < 4.78 is 0. The van der Waals surface area contributed by atoms with E-state index in [9.17, 15) is 4.79 Å². The van der Waals surface area contributed by atoms with Crippen LogP contribution < -0.4 is 11.5 Å². The molecule has 1 aliphatic rings. The second kappa shape index (κ2) is 4.95. The molecule has 4 heteroatoms. The number of nitrogens with two attached hydrogens (primary N) is 2. The fourth-order valence-electron chi connectivity index (χ4n) is 3.13. The molecule has 4 N–H and O–H groups in total. The lowest BCUT2D eigenvalue weighted by Gasteiger charge is -2.09. The van der Waals surface area contributed by atoms with Gasteiger partial charge in [0.05, 0.1) is 11.4 Å². The smallest absolute Gasteiger partial charge is 0.249 e. The van der Waals surface area contributed by atoms with E-state index < -0.39 is 5.91 Å². The molecule has 0 bridgehead atoms. The zero-order valence-corrected chi connectivity index (χ0v) is 12.4. The van der Waals surface area contributed by atoms with E-state index in [0.717, 1.165) is 33.6 Å². The van der Waals surface area contributed by atoms with E-state index in [2.05, 4.69) is 0 Å². The van der Waals surface area contributed by atoms with Crippen molar-refractivity contribution in [2.24, 2.45) is 5.73 Å². The van der Waals surface area contributed by atoms with Crippen molar-refractivity contribution in [3.63, 3.8) is 0 Å². The normalized spacial score (nSPS) is 11.8. The summed E-state index contributed by atoms with van der Waals surface area (Å²) >= 11 is 0. The quantitative estimate of drug-likeness (QED) is 0.558. The zero-order chi connectivity index (χ0) is 16.0. The third kappa shape index (κ3) is 2.16. The number of hydrogen-bond acceptors (Lipinski definition) is 3. The summed E-state index contributed by atoms with van der Waals surface area (Å²) in [5.41, 5.74) is 18.3. The Morgan fingerprint density at radius 3 is 2.57 bits per heavy atom. The van der Waals surface area contributed by atoms with Crippen molar-refractivity contribution < 1.29 is 4.79 Å². The maximum atomic E-state index is 11.9. The molecule has 0 atom stereocenters. The number of primary amides is 1. The topological polar surface area (TPSA) is 82.0 Å². The Morgan fingerprint density at radius 1 is 1.04 bits per heavy atom. The number of hydrogen-bond donors (Lipinski definition) is 2. The van der Waals surface area contributed by atoms with Gasteiger partial charge in [-0.05, 0) is 29.3 Å². The molecule has 0 saturated heterocycles. The molecule has 2 aromatic carbocycles. The maximum absolute atomic E-state index is 11.9. The van der Waals surface area contributed by atoms with Crippen LogP contribution in [0.1, 0.15) is 21.5 Å². The van der Waals surface area contributed by atoms with Crippen molar-refractivity contribution in [3.05, 3.63) is 71.3 Å². The Kier molecular flexibility index (Phi) is 2.91. The molecule has 0 radical (unpaired) electrons. The summed E-state index contributed by atoms with van der Waals surface area (Å²) in [5, 5.41) is 0. The van der Waals surface area contributed by atoms with E-state index >= 15 is 0 Å². The van der Waals surface area contributed by atoms with E-state index in [1.54, 1.807) is 6.07 Å². The van der Waals surface area contributed by atoms with Gasteiger partial charge in [-0.25, -0.2) is 4.98 Å². The molecule has 1 amide bonds. The number of fused-ring (bicyclic) bond motifs is 3. The average molecular weight is 301 g/mol. The van der Waals surface area contributed by atoms with Crippen LogP contribution in [0.3, 0.4) is 0 Å². The Labute approximate surface area is 133 Å². The van der Waals surface area contributed by atoms with Crippen molar-refractivity contribution in [2.75, 3.05) is 5.73 Å². The van der Waals surface area contributed by atoms with Gasteiger partial charge in [-0.3, -0.25) is 4.79 Å². The van der Waals surface area contributed by atoms with Gasteiger partial charge in [0.25, 0.3) is 0 Å². The standard InChI is InChI=1S/C19H15N3O/c20-13-6-7-14-12(8-13)9-15-16(19(21)23)10-17(22-18(14)15)11-4-2-1-3-5-11/h1-8,10H,9,20H2,(H2,21,23). The van der Waals surface area contributed by atoms with Crippen LogP contribution in [0.15, 0.2) is 54.6 Å². The molecule has 0 unspecified atom stereocenters. The third-order valence-corrected chi connectivity index (χ3v) is 4.21. The van der Waals surface area contributed by atoms with E-state index in [-0.39, 0.29) is 0 Å². The van der Waals surface area contributed by atoms with Crippen LogP contribution in [0.2, 0.25) is 0 Å². The lowest BCUT2D eigenvalue weighted by Crippen LogP contribution is -2.14. The van der Waals surface area contributed by atoms with Crippen molar-refractivity contribution >= 4 is 11.6 Å². The summed E-state index contributed by atoms with van der Waals surface area (Å²) in [6.45, 7) is 0. The minimum atomic E-state index is -0.429. The molecule has 0 fully saturated rings. The van der Waals surface area contributed by atoms with Crippen LogP contribution in [-0.4, -0.2) is 10.9 Å². The summed E-state index contributed by atoms with van der Waals surface area (Å²) in [5.74, 6) is -0.429. The lowest BCUT2D eigenvalue weighted by molar-refractivity contribution is 0.0999. The number of nitrogens with zero attached hydrogens (tertiary/aromatic N) is 1. The fourth-order valence-corrected chi connectivity index (χ4v) is 3.13. The number of pyridine rings is 1. The largest absolute Gasteiger partial charge is 0.399 e. The van der Waals surface area contributed by atoms with Gasteiger partial charge in [-0.15, -0.1) is 0 Å². The molecule has 0 saturated carbocycles. The second-order valence-electron chi connectivity index (χ2n) is 5.71. The van der Waals surface area contributed by atoms with Crippen LogP contribution in [-0.2, 0) is 6.42 Å². The number of benzene rings is 2. The van der Waals surface area contributed by atoms with Gasteiger partial charge < -0.3 is 11.5 Å². The Balaban J connectivity index is 1.98. The van der Waals surface area contributed by atoms with Crippen LogP contribution in [0.4, 0.5) is 5.69 Å². The highest BCUT2D eigenvalue weighted by atomic mass is 16.1. The number of carbonyl (C=O) groups is 1. The van der Waals surface area contributed by atoms with Gasteiger partial charge in [0.15, 0.2) is 0 Å². The summed E-state index contributed by atoms with van der Waals surface area (Å²) in [6, 6.07) is 17.3. The van der Waals surface area contributed by atoms with Gasteiger partial charge in [-0.1, -0.05) is 36.4 Å². The monoisotopic (exact) mass is 301 g/mol. The first kappa shape index (κ1) is 13.5. The van der Waals surface area contributed by atoms with Gasteiger partial charge in [-0.2, -0.15) is 0 Å². The zero-order valence-electron chi connectivity index (χ0n) is 12.4. The molecule has 1 aliphatic carbocycles. The average Bonchev–Trinajstić information content (AvgIpc) is 2.91. The third-order valence-electron chi connectivity index (χ3n) is 4.21. The van der Waals surface area contributed by atoms with Gasteiger partial charge in [0.2, 0.25) is 5.91 Å².